The monoisotopic (exact) mass is 175 g/mol. The van der Waals surface area contributed by atoms with Crippen LogP contribution in [0.3, 0.4) is 0 Å². The molecule has 4 heteroatoms. The van der Waals surface area contributed by atoms with Gasteiger partial charge in [0.25, 0.3) is 0 Å². The van der Waals surface area contributed by atoms with Crippen LogP contribution < -0.4 is 3.91 Å². The number of aromatic nitrogens is 3. The van der Waals surface area contributed by atoms with E-state index in [-0.39, 0.29) is 0 Å². The van der Waals surface area contributed by atoms with Gasteiger partial charge in [-0.15, -0.1) is 0 Å². The molecule has 1 aromatic heterocycles. The molecule has 0 atom stereocenters. The summed E-state index contributed by atoms with van der Waals surface area (Å²) in [5, 5.41) is 9.45. The van der Waals surface area contributed by atoms with E-state index in [2.05, 4.69) is 36.5 Å². The van der Waals surface area contributed by atoms with Crippen LogP contribution in [0, 0.1) is 0 Å². The summed E-state index contributed by atoms with van der Waals surface area (Å²) in [5.41, 5.74) is 0. The van der Waals surface area contributed by atoms with Crippen molar-refractivity contribution in [3.05, 3.63) is 6.20 Å². The van der Waals surface area contributed by atoms with Crippen LogP contribution in [0.4, 0.5) is 0 Å². The van der Waals surface area contributed by atoms with E-state index in [9.17, 15) is 0 Å². The van der Waals surface area contributed by atoms with E-state index in [1.807, 2.05) is 0 Å². The van der Waals surface area contributed by atoms with E-state index in [0.717, 1.165) is 3.91 Å². The van der Waals surface area contributed by atoms with Crippen molar-refractivity contribution in [3.8, 4) is 0 Å². The Morgan fingerprint density at radius 1 is 1.83 bits per heavy atom. The molecule has 0 aliphatic rings. The van der Waals surface area contributed by atoms with Crippen molar-refractivity contribution < 1.29 is 21.1 Å². The number of nitrogens with zero attached hydrogens (tertiary/aromatic N) is 2. The van der Waals surface area contributed by atoms with E-state index in [4.69, 9.17) is 0 Å². The standard InChI is InChI=1S/C2H2N3.Ag/c1-2-4-5-3-1;/h1H,(H,3,4,5);. The zero-order chi connectivity index (χ0) is 4.41. The minimum absolute atomic E-state index is 0.736. The van der Waals surface area contributed by atoms with E-state index in [0.29, 0.717) is 0 Å². The van der Waals surface area contributed by atoms with Gasteiger partial charge in [0.15, 0.2) is 0 Å². The molecule has 1 rings (SSSR count). The molecular weight excluding hydrogens is 174 g/mol. The fraction of sp³-hybridized carbons (Fsp3) is 0. The fourth-order valence-corrected chi connectivity index (χ4v) is 0.349. The summed E-state index contributed by atoms with van der Waals surface area (Å²) >= 11 is 3.09. The normalized spacial score (nSPS) is 9.00. The van der Waals surface area contributed by atoms with Gasteiger partial charge in [0.1, 0.15) is 0 Å². The average molecular weight is 176 g/mol. The third kappa shape index (κ3) is 0.680. The quantitative estimate of drug-likeness (QED) is 0.514. The Morgan fingerprint density at radius 2 is 2.67 bits per heavy atom. The predicted octanol–water partition coefficient (Wildman–Crippen LogP) is -1.02. The number of aromatic amines is 1. The Balaban J connectivity index is 3.05. The molecule has 0 aromatic carbocycles. The van der Waals surface area contributed by atoms with Crippen molar-refractivity contribution in [3.63, 3.8) is 0 Å². The van der Waals surface area contributed by atoms with Crippen molar-refractivity contribution in [2.75, 3.05) is 0 Å². The van der Waals surface area contributed by atoms with Crippen LogP contribution in [0.2, 0.25) is 0 Å². The molecule has 0 amide bonds. The number of hydrogen-bond donors (Lipinski definition) is 1. The first-order valence-corrected chi connectivity index (χ1v) is 2.12. The first-order valence-electron chi connectivity index (χ1n) is 1.38. The molecule has 1 N–H and O–H groups in total. The fourth-order valence-electron chi connectivity index (χ4n) is 0.179. The molecule has 0 bridgehead atoms. The van der Waals surface area contributed by atoms with Crippen LogP contribution in [-0.4, -0.2) is 15.4 Å². The molecule has 0 spiro atoms. The Bertz CT molecular complexity index is 112. The Hall–Kier alpha value is -0.120. The van der Waals surface area contributed by atoms with E-state index in [1.54, 1.807) is 6.20 Å². The van der Waals surface area contributed by atoms with Gasteiger partial charge >= 0.3 is 46.6 Å². The molecule has 0 aliphatic heterocycles. The minimum atomic E-state index is 0.736. The predicted molar refractivity (Wildman–Crippen MR) is 16.0 cm³/mol. The van der Waals surface area contributed by atoms with Gasteiger partial charge in [-0.1, -0.05) is 0 Å². The maximum atomic E-state index is 3.53. The Labute approximate surface area is 47.1 Å². The van der Waals surface area contributed by atoms with Gasteiger partial charge < -0.3 is 0 Å². The molecule has 36 valence electrons. The van der Waals surface area contributed by atoms with E-state index < -0.39 is 0 Å². The van der Waals surface area contributed by atoms with Gasteiger partial charge in [-0.05, 0) is 0 Å². The molecule has 1 heterocycles. The summed E-state index contributed by atoms with van der Waals surface area (Å²) in [6, 6.07) is 0. The third-order valence-electron chi connectivity index (χ3n) is 0.368. The molecule has 1 aromatic rings. The van der Waals surface area contributed by atoms with Crippen molar-refractivity contribution in [1.82, 2.24) is 15.4 Å². The Kier molecular flexibility index (Phi) is 1.05. The molecule has 3 nitrogen and oxygen atoms in total. The number of H-pyrrole nitrogens is 1. The zero-order valence-electron chi connectivity index (χ0n) is 2.77. The summed E-state index contributed by atoms with van der Waals surface area (Å²) in [5.74, 6) is 0. The molecule has 0 saturated carbocycles. The topological polar surface area (TPSA) is 41.6 Å². The summed E-state index contributed by atoms with van der Waals surface area (Å²) in [6.45, 7) is 0. The summed E-state index contributed by atoms with van der Waals surface area (Å²) < 4.78 is 0.736. The van der Waals surface area contributed by atoms with Crippen LogP contribution in [0.25, 0.3) is 0 Å². The second-order valence-electron chi connectivity index (χ2n) is 0.757. The van der Waals surface area contributed by atoms with Crippen molar-refractivity contribution in [2.45, 2.75) is 0 Å². The van der Waals surface area contributed by atoms with Crippen molar-refractivity contribution >= 4 is 3.91 Å². The van der Waals surface area contributed by atoms with E-state index in [1.165, 1.54) is 0 Å². The first-order chi connectivity index (χ1) is 2.89. The third-order valence-corrected chi connectivity index (χ3v) is 0.730. The second kappa shape index (κ2) is 1.55. The van der Waals surface area contributed by atoms with Crippen LogP contribution in [0.1, 0.15) is 0 Å². The number of hydrogen-bond acceptors (Lipinski definition) is 2. The maximum absolute atomic E-state index is 3.53. The van der Waals surface area contributed by atoms with Crippen LogP contribution >= 0.6 is 0 Å². The molecule has 0 radical (unpaired) electrons. The van der Waals surface area contributed by atoms with Crippen LogP contribution in [0.15, 0.2) is 6.20 Å². The van der Waals surface area contributed by atoms with Crippen molar-refractivity contribution in [2.24, 2.45) is 0 Å². The number of nitrogens with one attached hydrogen (secondary N) is 1. The SMILES string of the molecule is [Ag][c]1c[nH]nn1. The summed E-state index contributed by atoms with van der Waals surface area (Å²) in [4.78, 5) is 0. The molecular formula is C2H2AgN3. The average Bonchev–Trinajstić information content (AvgIpc) is 1.86. The first kappa shape index (κ1) is 4.05. The van der Waals surface area contributed by atoms with E-state index >= 15 is 0 Å². The molecule has 0 aliphatic carbocycles. The van der Waals surface area contributed by atoms with Gasteiger partial charge in [0, 0.05) is 0 Å². The molecule has 6 heavy (non-hydrogen) atoms. The van der Waals surface area contributed by atoms with Gasteiger partial charge in [-0.3, -0.25) is 0 Å². The van der Waals surface area contributed by atoms with Crippen LogP contribution in [-0.2, 0) is 21.1 Å². The molecule has 0 fully saturated rings. The van der Waals surface area contributed by atoms with Gasteiger partial charge in [-0.2, -0.15) is 0 Å². The second-order valence-corrected chi connectivity index (χ2v) is 1.52. The van der Waals surface area contributed by atoms with Gasteiger partial charge in [0.05, 0.1) is 0 Å². The van der Waals surface area contributed by atoms with Crippen LogP contribution in [0.5, 0.6) is 0 Å². The van der Waals surface area contributed by atoms with Gasteiger partial charge in [-0.25, -0.2) is 0 Å². The zero-order valence-corrected chi connectivity index (χ0v) is 4.26. The van der Waals surface area contributed by atoms with Gasteiger partial charge in [0.2, 0.25) is 0 Å². The summed E-state index contributed by atoms with van der Waals surface area (Å²) in [7, 11) is 0. The summed E-state index contributed by atoms with van der Waals surface area (Å²) in [6.07, 6.45) is 1.65. The van der Waals surface area contributed by atoms with Crippen molar-refractivity contribution in [1.29, 1.82) is 0 Å². The number of rotatable bonds is 0. The Morgan fingerprint density at radius 3 is 2.83 bits per heavy atom. The molecule has 0 saturated heterocycles. The molecule has 0 unspecified atom stereocenters.